The predicted molar refractivity (Wildman–Crippen MR) is 170 cm³/mol. The van der Waals surface area contributed by atoms with Gasteiger partial charge in [0.25, 0.3) is 5.91 Å². The lowest BCUT2D eigenvalue weighted by Crippen LogP contribution is -2.60. The summed E-state index contributed by atoms with van der Waals surface area (Å²) in [7, 11) is 0. The van der Waals surface area contributed by atoms with Gasteiger partial charge < -0.3 is 29.7 Å². The van der Waals surface area contributed by atoms with Crippen molar-refractivity contribution >= 4 is 56.9 Å². The van der Waals surface area contributed by atoms with Gasteiger partial charge in [-0.1, -0.05) is 65.7 Å². The number of allylic oxidation sites excluding steroid dienone is 1. The molecule has 3 saturated heterocycles. The number of anilines is 1. The van der Waals surface area contributed by atoms with Crippen molar-refractivity contribution in [2.75, 3.05) is 24.6 Å². The van der Waals surface area contributed by atoms with E-state index >= 15 is 0 Å². The van der Waals surface area contributed by atoms with Crippen LogP contribution in [-0.4, -0.2) is 88.1 Å². The van der Waals surface area contributed by atoms with Gasteiger partial charge in [0.15, 0.2) is 0 Å². The number of hydrogen-bond donors (Lipinski definition) is 2. The second-order valence-corrected chi connectivity index (χ2v) is 13.6. The van der Waals surface area contributed by atoms with Crippen molar-refractivity contribution in [3.8, 4) is 0 Å². The molecule has 12 heteroatoms. The van der Waals surface area contributed by atoms with E-state index in [1.165, 1.54) is 9.80 Å². The Bertz CT molecular complexity index is 1290. The van der Waals surface area contributed by atoms with Gasteiger partial charge in [-0.05, 0) is 37.8 Å². The fourth-order valence-electron chi connectivity index (χ4n) is 6.75. The minimum Gasteiger partial charge on any atom is -0.460 e. The van der Waals surface area contributed by atoms with E-state index in [0.29, 0.717) is 23.6 Å². The molecule has 8 atom stereocenters. The lowest BCUT2D eigenvalue weighted by atomic mass is 9.70. The molecular formula is C32H41BrClN3O7. The largest absolute Gasteiger partial charge is 0.460 e. The van der Waals surface area contributed by atoms with E-state index in [0.717, 1.165) is 0 Å². The summed E-state index contributed by atoms with van der Waals surface area (Å²) in [5, 5.41) is 13.6. The Kier molecular flexibility index (Phi) is 11.0. The van der Waals surface area contributed by atoms with Gasteiger partial charge in [-0.3, -0.25) is 19.2 Å². The fraction of sp³-hybridized carbons (Fsp3) is 0.562. The Morgan fingerprint density at radius 3 is 2.59 bits per heavy atom. The summed E-state index contributed by atoms with van der Waals surface area (Å²) in [4.78, 5) is 57.5. The van der Waals surface area contributed by atoms with Crippen LogP contribution < -0.4 is 10.2 Å². The quantitative estimate of drug-likeness (QED) is 0.173. The number of hydrogen-bond acceptors (Lipinski definition) is 7. The molecule has 44 heavy (non-hydrogen) atoms. The smallest absolute Gasteiger partial charge is 0.312 e. The molecule has 2 bridgehead atoms. The number of benzene rings is 1. The van der Waals surface area contributed by atoms with Crippen LogP contribution >= 0.6 is 27.5 Å². The zero-order valence-electron chi connectivity index (χ0n) is 25.3. The standard InChI is InChI=1S/C32H41BrClN3O7/c1-6-8-13-24(39)35-16-19(5)43-31(42)25-26-29(40)37(23(17-38)18(3)4)28(32(26)15-20(33)27(25)44-32)30(41)36(14-7-2)22-12-10-9-11-21(22)34/h6-7,9-12,18-20,23,25-28,38H,1-2,8,13-17H2,3-5H3,(H,35,39)/t19-,20?,23+,25+,26-,27+,28+,32-/m1/s1. The number of aliphatic hydroxyl groups excluding tert-OH is 1. The Morgan fingerprint density at radius 1 is 1.27 bits per heavy atom. The first-order valence-corrected chi connectivity index (χ1v) is 16.2. The zero-order chi connectivity index (χ0) is 32.3. The highest BCUT2D eigenvalue weighted by Crippen LogP contribution is 2.61. The minimum absolute atomic E-state index is 0.100. The van der Waals surface area contributed by atoms with Gasteiger partial charge in [-0.2, -0.15) is 0 Å². The van der Waals surface area contributed by atoms with Crippen LogP contribution in [0, 0.1) is 17.8 Å². The summed E-state index contributed by atoms with van der Waals surface area (Å²) < 4.78 is 12.3. The van der Waals surface area contributed by atoms with E-state index in [9.17, 15) is 24.3 Å². The van der Waals surface area contributed by atoms with E-state index in [-0.39, 0.29) is 42.8 Å². The number of para-hydroxylation sites is 1. The van der Waals surface area contributed by atoms with Gasteiger partial charge in [0.1, 0.15) is 17.7 Å². The van der Waals surface area contributed by atoms with E-state index in [4.69, 9.17) is 21.1 Å². The molecule has 3 aliphatic rings. The Morgan fingerprint density at radius 2 is 1.98 bits per heavy atom. The molecule has 10 nitrogen and oxygen atoms in total. The number of likely N-dealkylation sites (tertiary alicyclic amines) is 1. The number of fused-ring (bicyclic) bond motifs is 1. The molecule has 4 rings (SSSR count). The second-order valence-electron chi connectivity index (χ2n) is 12.0. The van der Waals surface area contributed by atoms with Crippen LogP contribution in [0.2, 0.25) is 5.02 Å². The first kappa shape index (κ1) is 34.1. The van der Waals surface area contributed by atoms with Crippen molar-refractivity contribution in [3.05, 3.63) is 54.6 Å². The molecule has 2 N–H and O–H groups in total. The van der Waals surface area contributed by atoms with E-state index < -0.39 is 59.5 Å². The average molecular weight is 695 g/mol. The molecule has 0 aliphatic carbocycles. The summed E-state index contributed by atoms with van der Waals surface area (Å²) in [5.74, 6) is -3.94. The predicted octanol–water partition coefficient (Wildman–Crippen LogP) is 3.64. The second kappa shape index (κ2) is 14.1. The van der Waals surface area contributed by atoms with E-state index in [1.54, 1.807) is 43.3 Å². The molecule has 0 radical (unpaired) electrons. The van der Waals surface area contributed by atoms with Crippen LogP contribution in [0.25, 0.3) is 0 Å². The third kappa shape index (κ3) is 6.21. The molecule has 1 aromatic rings. The zero-order valence-corrected chi connectivity index (χ0v) is 27.6. The third-order valence-corrected chi connectivity index (χ3v) is 9.91. The van der Waals surface area contributed by atoms with Crippen molar-refractivity contribution in [2.24, 2.45) is 17.8 Å². The van der Waals surface area contributed by atoms with Crippen LogP contribution in [0.15, 0.2) is 49.6 Å². The highest BCUT2D eigenvalue weighted by Gasteiger charge is 2.77. The Balaban J connectivity index is 1.70. The first-order chi connectivity index (χ1) is 20.9. The lowest BCUT2D eigenvalue weighted by molar-refractivity contribution is -0.159. The number of rotatable bonds is 14. The summed E-state index contributed by atoms with van der Waals surface area (Å²) in [6, 6.07) is 5.03. The molecule has 240 valence electrons. The molecule has 0 aromatic heterocycles. The number of carbonyl (C=O) groups is 4. The number of aliphatic hydroxyl groups is 1. The molecule has 1 spiro atoms. The molecule has 3 amide bonds. The SMILES string of the molecule is C=CCCC(=O)NC[C@@H](C)OC(=O)[C@@H]1[C@H]2O[C@@]3(CC2Br)[C@H](C(=O)N(CC=C)c2ccccc2Cl)N([C@@H](CO)C(C)C)C(=O)[C@@H]13. The maximum absolute atomic E-state index is 14.7. The van der Waals surface area contributed by atoms with Gasteiger partial charge in [0, 0.05) is 17.8 Å². The molecule has 1 unspecified atom stereocenters. The highest BCUT2D eigenvalue weighted by molar-refractivity contribution is 9.09. The Hall–Kier alpha value is -2.73. The third-order valence-electron chi connectivity index (χ3n) is 8.75. The van der Waals surface area contributed by atoms with Crippen molar-refractivity contribution in [1.82, 2.24) is 10.2 Å². The molecule has 0 saturated carbocycles. The maximum Gasteiger partial charge on any atom is 0.312 e. The van der Waals surface area contributed by atoms with Gasteiger partial charge in [0.05, 0.1) is 47.8 Å². The van der Waals surface area contributed by atoms with Gasteiger partial charge >= 0.3 is 5.97 Å². The molecule has 3 fully saturated rings. The van der Waals surface area contributed by atoms with E-state index in [2.05, 4.69) is 34.4 Å². The number of amides is 3. The summed E-state index contributed by atoms with van der Waals surface area (Å²) in [5.41, 5.74) is -0.916. The van der Waals surface area contributed by atoms with Crippen LogP contribution in [0.5, 0.6) is 0 Å². The van der Waals surface area contributed by atoms with Crippen LogP contribution in [0.3, 0.4) is 0 Å². The van der Waals surface area contributed by atoms with Crippen LogP contribution in [0.4, 0.5) is 5.69 Å². The number of ether oxygens (including phenoxy) is 2. The lowest BCUT2D eigenvalue weighted by Gasteiger charge is -2.40. The number of esters is 1. The fourth-order valence-corrected chi connectivity index (χ4v) is 7.93. The Labute approximate surface area is 271 Å². The number of carbonyl (C=O) groups excluding carboxylic acids is 4. The van der Waals surface area contributed by atoms with Crippen molar-refractivity contribution < 1.29 is 33.8 Å². The summed E-state index contributed by atoms with van der Waals surface area (Å²) in [6.45, 7) is 12.6. The summed E-state index contributed by atoms with van der Waals surface area (Å²) >= 11 is 10.2. The maximum atomic E-state index is 14.7. The number of nitrogens with zero attached hydrogens (tertiary/aromatic N) is 2. The number of alkyl halides is 1. The van der Waals surface area contributed by atoms with E-state index in [1.807, 2.05) is 13.8 Å². The molecular weight excluding hydrogens is 654 g/mol. The topological polar surface area (TPSA) is 125 Å². The van der Waals surface area contributed by atoms with Gasteiger partial charge in [0.2, 0.25) is 11.8 Å². The molecule has 3 aliphatic heterocycles. The number of nitrogens with one attached hydrogen (secondary N) is 1. The highest BCUT2D eigenvalue weighted by atomic mass is 79.9. The monoisotopic (exact) mass is 693 g/mol. The molecule has 1 aromatic carbocycles. The number of halogens is 2. The van der Waals surface area contributed by atoms with Gasteiger partial charge in [-0.25, -0.2) is 0 Å². The van der Waals surface area contributed by atoms with Crippen LogP contribution in [-0.2, 0) is 28.7 Å². The summed E-state index contributed by atoms with van der Waals surface area (Å²) in [6.07, 6.45) is 2.92. The van der Waals surface area contributed by atoms with Crippen molar-refractivity contribution in [2.45, 2.75) is 74.8 Å². The van der Waals surface area contributed by atoms with Crippen molar-refractivity contribution in [3.63, 3.8) is 0 Å². The van der Waals surface area contributed by atoms with Crippen LogP contribution in [0.1, 0.15) is 40.0 Å². The van der Waals surface area contributed by atoms with Crippen molar-refractivity contribution in [1.29, 1.82) is 0 Å². The average Bonchev–Trinajstić information content (AvgIpc) is 3.57. The normalized spacial score (nSPS) is 28.4. The molecule has 3 heterocycles. The minimum atomic E-state index is -1.36. The first-order valence-electron chi connectivity index (χ1n) is 14.9. The van der Waals surface area contributed by atoms with Gasteiger partial charge in [-0.15, -0.1) is 13.2 Å².